The fourth-order valence-corrected chi connectivity index (χ4v) is 1.89. The van der Waals surface area contributed by atoms with Crippen molar-refractivity contribution >= 4 is 29.3 Å². The van der Waals surface area contributed by atoms with Crippen LogP contribution in [-0.4, -0.2) is 27.8 Å². The van der Waals surface area contributed by atoms with Gasteiger partial charge in [0.25, 0.3) is 5.69 Å². The Kier molecular flexibility index (Phi) is 5.32. The third kappa shape index (κ3) is 4.30. The summed E-state index contributed by atoms with van der Waals surface area (Å²) in [4.78, 5) is 13.8. The van der Waals surface area contributed by atoms with Crippen molar-refractivity contribution in [2.45, 2.75) is 6.92 Å². The van der Waals surface area contributed by atoms with Crippen LogP contribution in [0.5, 0.6) is 11.5 Å². The number of hydrogen-bond donors (Lipinski definition) is 2. The SMILES string of the molecule is CCOc1cc(/C=N/Nc2ccc([N+](=O)[O-])cn2)cc(Cl)c1O. The Labute approximate surface area is 136 Å². The predicted molar refractivity (Wildman–Crippen MR) is 86.4 cm³/mol. The van der Waals surface area contributed by atoms with Crippen molar-refractivity contribution in [3.63, 3.8) is 0 Å². The van der Waals surface area contributed by atoms with E-state index in [9.17, 15) is 15.2 Å². The number of anilines is 1. The summed E-state index contributed by atoms with van der Waals surface area (Å²) in [5, 5.41) is 24.4. The molecule has 0 atom stereocenters. The summed E-state index contributed by atoms with van der Waals surface area (Å²) in [5.41, 5.74) is 3.13. The molecule has 0 bridgehead atoms. The number of ether oxygens (including phenoxy) is 1. The van der Waals surface area contributed by atoms with Gasteiger partial charge in [-0.25, -0.2) is 4.98 Å². The molecule has 1 aromatic heterocycles. The number of phenols is 1. The van der Waals surface area contributed by atoms with E-state index in [4.69, 9.17) is 16.3 Å². The Balaban J connectivity index is 2.09. The van der Waals surface area contributed by atoms with Gasteiger partial charge in [0.05, 0.1) is 22.8 Å². The maximum absolute atomic E-state index is 10.5. The molecule has 0 radical (unpaired) electrons. The monoisotopic (exact) mass is 336 g/mol. The van der Waals surface area contributed by atoms with Gasteiger partial charge in [0.15, 0.2) is 11.5 Å². The summed E-state index contributed by atoms with van der Waals surface area (Å²) in [6.45, 7) is 2.17. The van der Waals surface area contributed by atoms with Crippen molar-refractivity contribution in [3.8, 4) is 11.5 Å². The van der Waals surface area contributed by atoms with Crippen LogP contribution in [0, 0.1) is 10.1 Å². The maximum atomic E-state index is 10.5. The zero-order valence-electron chi connectivity index (χ0n) is 12.1. The number of aromatic hydroxyl groups is 1. The molecular formula is C14H13ClN4O4. The van der Waals surface area contributed by atoms with E-state index in [1.807, 2.05) is 0 Å². The van der Waals surface area contributed by atoms with Gasteiger partial charge in [0.2, 0.25) is 0 Å². The lowest BCUT2D eigenvalue weighted by atomic mass is 10.2. The van der Waals surface area contributed by atoms with Gasteiger partial charge < -0.3 is 9.84 Å². The van der Waals surface area contributed by atoms with Crippen molar-refractivity contribution in [1.82, 2.24) is 4.98 Å². The van der Waals surface area contributed by atoms with Gasteiger partial charge in [-0.05, 0) is 30.7 Å². The Morgan fingerprint density at radius 3 is 2.91 bits per heavy atom. The van der Waals surface area contributed by atoms with Gasteiger partial charge in [-0.3, -0.25) is 15.5 Å². The highest BCUT2D eigenvalue weighted by Gasteiger charge is 2.08. The van der Waals surface area contributed by atoms with E-state index in [0.29, 0.717) is 18.0 Å². The highest BCUT2D eigenvalue weighted by atomic mass is 35.5. The van der Waals surface area contributed by atoms with Gasteiger partial charge in [-0.2, -0.15) is 5.10 Å². The molecule has 9 heteroatoms. The first-order valence-corrected chi connectivity index (χ1v) is 6.94. The van der Waals surface area contributed by atoms with E-state index in [0.717, 1.165) is 6.20 Å². The lowest BCUT2D eigenvalue weighted by molar-refractivity contribution is -0.385. The van der Waals surface area contributed by atoms with Gasteiger partial charge >= 0.3 is 0 Å². The normalized spacial score (nSPS) is 10.7. The van der Waals surface area contributed by atoms with Gasteiger partial charge in [0, 0.05) is 6.07 Å². The molecule has 8 nitrogen and oxygen atoms in total. The molecule has 2 rings (SSSR count). The molecular weight excluding hydrogens is 324 g/mol. The van der Waals surface area contributed by atoms with E-state index >= 15 is 0 Å². The molecule has 0 saturated carbocycles. The molecule has 1 aromatic carbocycles. The third-order valence-corrected chi connectivity index (χ3v) is 2.99. The van der Waals surface area contributed by atoms with E-state index in [1.165, 1.54) is 24.4 Å². The minimum Gasteiger partial charge on any atom is -0.503 e. The maximum Gasteiger partial charge on any atom is 0.287 e. The topological polar surface area (TPSA) is 110 Å². The highest BCUT2D eigenvalue weighted by molar-refractivity contribution is 6.32. The number of phenolic OH excluding ortho intramolecular Hbond substituents is 1. The van der Waals surface area contributed by atoms with Crippen LogP contribution in [0.3, 0.4) is 0 Å². The minimum absolute atomic E-state index is 0.105. The van der Waals surface area contributed by atoms with Crippen LogP contribution in [0.4, 0.5) is 11.5 Å². The van der Waals surface area contributed by atoms with Crippen LogP contribution < -0.4 is 10.2 Å². The molecule has 1 heterocycles. The van der Waals surface area contributed by atoms with Crippen LogP contribution in [0.15, 0.2) is 35.6 Å². The summed E-state index contributed by atoms with van der Waals surface area (Å²) < 4.78 is 5.27. The number of halogens is 1. The van der Waals surface area contributed by atoms with Crippen molar-refractivity contribution in [1.29, 1.82) is 0 Å². The number of hydrogen-bond acceptors (Lipinski definition) is 7. The summed E-state index contributed by atoms with van der Waals surface area (Å²) in [6, 6.07) is 5.85. The molecule has 0 aliphatic carbocycles. The fourth-order valence-electron chi connectivity index (χ4n) is 1.67. The first kappa shape index (κ1) is 16.5. The number of nitro groups is 1. The van der Waals surface area contributed by atoms with Crippen molar-refractivity contribution in [3.05, 3.63) is 51.2 Å². The number of nitrogens with one attached hydrogen (secondary N) is 1. The lowest BCUT2D eigenvalue weighted by Gasteiger charge is -2.08. The van der Waals surface area contributed by atoms with Gasteiger partial charge in [0.1, 0.15) is 12.0 Å². The number of nitrogens with zero attached hydrogens (tertiary/aromatic N) is 3. The van der Waals surface area contributed by atoms with E-state index in [-0.39, 0.29) is 22.2 Å². The lowest BCUT2D eigenvalue weighted by Crippen LogP contribution is -1.96. The second-order valence-corrected chi connectivity index (χ2v) is 4.72. The Bertz CT molecular complexity index is 734. The zero-order valence-corrected chi connectivity index (χ0v) is 12.8. The van der Waals surface area contributed by atoms with Crippen LogP contribution in [0.2, 0.25) is 5.02 Å². The predicted octanol–water partition coefficient (Wildman–Crippen LogP) is 3.19. The number of rotatable bonds is 6. The van der Waals surface area contributed by atoms with Crippen molar-refractivity contribution < 1.29 is 14.8 Å². The first-order chi connectivity index (χ1) is 11.0. The summed E-state index contributed by atoms with van der Waals surface area (Å²) >= 11 is 5.91. The van der Waals surface area contributed by atoms with Crippen molar-refractivity contribution in [2.75, 3.05) is 12.0 Å². The molecule has 0 amide bonds. The molecule has 2 aromatic rings. The fraction of sp³-hybridized carbons (Fsp3) is 0.143. The summed E-state index contributed by atoms with van der Waals surface area (Å²) in [6.07, 6.45) is 2.58. The molecule has 0 aliphatic rings. The Morgan fingerprint density at radius 2 is 2.30 bits per heavy atom. The third-order valence-electron chi connectivity index (χ3n) is 2.70. The molecule has 0 saturated heterocycles. The molecule has 0 spiro atoms. The van der Waals surface area contributed by atoms with Crippen LogP contribution in [0.1, 0.15) is 12.5 Å². The Hall–Kier alpha value is -2.87. The summed E-state index contributed by atoms with van der Waals surface area (Å²) in [7, 11) is 0. The van der Waals surface area contributed by atoms with Gasteiger partial charge in [-0.1, -0.05) is 11.6 Å². The smallest absolute Gasteiger partial charge is 0.287 e. The van der Waals surface area contributed by atoms with Crippen LogP contribution in [-0.2, 0) is 0 Å². The highest BCUT2D eigenvalue weighted by Crippen LogP contribution is 2.34. The molecule has 2 N–H and O–H groups in total. The van der Waals surface area contributed by atoms with E-state index < -0.39 is 4.92 Å². The molecule has 0 fully saturated rings. The van der Waals surface area contributed by atoms with E-state index in [2.05, 4.69) is 15.5 Å². The second kappa shape index (κ2) is 7.41. The van der Waals surface area contributed by atoms with Gasteiger partial charge in [-0.15, -0.1) is 0 Å². The standard InChI is InChI=1S/C14H13ClN4O4/c1-2-23-12-6-9(5-11(15)14(12)20)7-17-18-13-4-3-10(8-16-13)19(21)22/h3-8,20H,2H2,1H3,(H,16,18)/b17-7+. The molecule has 120 valence electrons. The van der Waals surface area contributed by atoms with Crippen molar-refractivity contribution in [2.24, 2.45) is 5.10 Å². The van der Waals surface area contributed by atoms with Crippen LogP contribution >= 0.6 is 11.6 Å². The quantitative estimate of drug-likeness (QED) is 0.476. The number of pyridine rings is 1. The average molecular weight is 337 g/mol. The summed E-state index contributed by atoms with van der Waals surface area (Å²) in [5.74, 6) is 0.479. The Morgan fingerprint density at radius 1 is 1.52 bits per heavy atom. The molecule has 23 heavy (non-hydrogen) atoms. The number of aromatic nitrogens is 1. The molecule has 0 unspecified atom stereocenters. The average Bonchev–Trinajstić information content (AvgIpc) is 2.53. The van der Waals surface area contributed by atoms with Crippen LogP contribution in [0.25, 0.3) is 0 Å². The first-order valence-electron chi connectivity index (χ1n) is 6.56. The number of hydrazone groups is 1. The molecule has 0 aliphatic heterocycles. The second-order valence-electron chi connectivity index (χ2n) is 4.31. The number of benzene rings is 1. The zero-order chi connectivity index (χ0) is 16.8. The minimum atomic E-state index is -0.534. The largest absolute Gasteiger partial charge is 0.503 e. The van der Waals surface area contributed by atoms with E-state index in [1.54, 1.807) is 13.0 Å².